The molecule has 1 unspecified atom stereocenters. The highest BCUT2D eigenvalue weighted by atomic mass is 35.5. The monoisotopic (exact) mass is 296 g/mol. The Balaban J connectivity index is 0.00000200. The lowest BCUT2D eigenvalue weighted by Crippen LogP contribution is -2.42. The van der Waals surface area contributed by atoms with E-state index in [1.807, 2.05) is 23.1 Å². The Kier molecular flexibility index (Phi) is 6.03. The Morgan fingerprint density at radius 2 is 2.00 bits per heavy atom. The first-order valence-corrected chi connectivity index (χ1v) is 7.09. The van der Waals surface area contributed by atoms with Gasteiger partial charge in [-0.2, -0.15) is 0 Å². The van der Waals surface area contributed by atoms with Crippen LogP contribution in [-0.4, -0.2) is 29.9 Å². The van der Waals surface area contributed by atoms with Crippen molar-refractivity contribution < 1.29 is 4.79 Å². The van der Waals surface area contributed by atoms with Crippen molar-refractivity contribution in [2.75, 3.05) is 13.1 Å². The number of hydrogen-bond acceptors (Lipinski definition) is 2. The van der Waals surface area contributed by atoms with Gasteiger partial charge in [-0.15, -0.1) is 12.4 Å². The van der Waals surface area contributed by atoms with Gasteiger partial charge in [0.15, 0.2) is 0 Å². The van der Waals surface area contributed by atoms with Gasteiger partial charge in [-0.25, -0.2) is 0 Å². The lowest BCUT2D eigenvalue weighted by atomic mass is 9.81. The first-order valence-electron chi connectivity index (χ1n) is 7.09. The van der Waals surface area contributed by atoms with Crippen molar-refractivity contribution >= 4 is 18.3 Å². The molecule has 0 aliphatic carbocycles. The summed E-state index contributed by atoms with van der Waals surface area (Å²) in [6.45, 7) is 5.71. The maximum absolute atomic E-state index is 12.5. The minimum absolute atomic E-state index is 0. The lowest BCUT2D eigenvalue weighted by molar-refractivity contribution is -0.133. The van der Waals surface area contributed by atoms with E-state index in [0.29, 0.717) is 13.0 Å². The summed E-state index contributed by atoms with van der Waals surface area (Å²) in [6, 6.07) is 10.5. The third-order valence-electron chi connectivity index (χ3n) is 4.12. The molecule has 1 amide bonds. The van der Waals surface area contributed by atoms with E-state index in [2.05, 4.69) is 26.0 Å². The van der Waals surface area contributed by atoms with Gasteiger partial charge < -0.3 is 10.6 Å². The normalized spacial score (nSPS) is 18.8. The van der Waals surface area contributed by atoms with E-state index in [4.69, 9.17) is 5.73 Å². The zero-order valence-corrected chi connectivity index (χ0v) is 13.2. The van der Waals surface area contributed by atoms with Crippen LogP contribution < -0.4 is 5.73 Å². The molecule has 1 saturated heterocycles. The second-order valence-electron chi connectivity index (χ2n) is 6.05. The largest absolute Gasteiger partial charge is 0.338 e. The summed E-state index contributed by atoms with van der Waals surface area (Å²) < 4.78 is 0. The Bertz CT molecular complexity index is 433. The number of hydrogen-bond donors (Lipinski definition) is 1. The van der Waals surface area contributed by atoms with Crippen LogP contribution in [0.15, 0.2) is 30.3 Å². The second-order valence-corrected chi connectivity index (χ2v) is 6.05. The van der Waals surface area contributed by atoms with Crippen LogP contribution in [-0.2, 0) is 10.2 Å². The quantitative estimate of drug-likeness (QED) is 0.928. The zero-order valence-electron chi connectivity index (χ0n) is 12.3. The van der Waals surface area contributed by atoms with Gasteiger partial charge in [0.25, 0.3) is 0 Å². The second kappa shape index (κ2) is 7.09. The topological polar surface area (TPSA) is 46.3 Å². The number of carbonyl (C=O) groups is 1. The van der Waals surface area contributed by atoms with Gasteiger partial charge in [-0.3, -0.25) is 4.79 Å². The Labute approximate surface area is 127 Å². The van der Waals surface area contributed by atoms with E-state index in [9.17, 15) is 4.79 Å². The number of likely N-dealkylation sites (tertiary alicyclic amines) is 1. The van der Waals surface area contributed by atoms with Crippen molar-refractivity contribution in [2.45, 2.75) is 44.6 Å². The summed E-state index contributed by atoms with van der Waals surface area (Å²) in [5, 5.41) is 0. The minimum atomic E-state index is -0.125. The molecule has 0 bridgehead atoms. The number of amides is 1. The van der Waals surface area contributed by atoms with Gasteiger partial charge in [0, 0.05) is 25.6 Å². The van der Waals surface area contributed by atoms with Crippen molar-refractivity contribution in [2.24, 2.45) is 5.73 Å². The highest BCUT2D eigenvalue weighted by Gasteiger charge is 2.32. The molecular formula is C16H25ClN2O. The molecule has 1 aromatic carbocycles. The van der Waals surface area contributed by atoms with E-state index < -0.39 is 0 Å². The van der Waals surface area contributed by atoms with Crippen molar-refractivity contribution in [1.82, 2.24) is 4.90 Å². The predicted molar refractivity (Wildman–Crippen MR) is 85.1 cm³/mol. The fraction of sp³-hybridized carbons (Fsp3) is 0.562. The number of halogens is 1. The van der Waals surface area contributed by atoms with Gasteiger partial charge in [0.2, 0.25) is 5.91 Å². The summed E-state index contributed by atoms with van der Waals surface area (Å²) in [5.41, 5.74) is 6.83. The molecule has 0 radical (unpaired) electrons. The molecule has 1 fully saturated rings. The maximum Gasteiger partial charge on any atom is 0.223 e. The van der Waals surface area contributed by atoms with Gasteiger partial charge in [-0.1, -0.05) is 44.2 Å². The standard InChI is InChI=1S/C16H24N2O.ClH/c1-16(2,13-7-4-3-5-8-13)11-15(19)18-10-6-9-14(18)12-17;/h3-5,7-8,14H,6,9-12,17H2,1-2H3;1H. The Morgan fingerprint density at radius 1 is 1.35 bits per heavy atom. The number of nitrogens with zero attached hydrogens (tertiary/aromatic N) is 1. The van der Waals surface area contributed by atoms with Crippen LogP contribution in [0.3, 0.4) is 0 Å². The van der Waals surface area contributed by atoms with Gasteiger partial charge in [-0.05, 0) is 23.8 Å². The molecule has 1 heterocycles. The van der Waals surface area contributed by atoms with Crippen LogP contribution in [0.1, 0.15) is 38.7 Å². The van der Waals surface area contributed by atoms with E-state index in [-0.39, 0.29) is 29.8 Å². The van der Waals surface area contributed by atoms with E-state index in [0.717, 1.165) is 19.4 Å². The molecule has 2 rings (SSSR count). The molecule has 1 aliphatic rings. The number of rotatable bonds is 4. The number of nitrogens with two attached hydrogens (primary N) is 1. The van der Waals surface area contributed by atoms with Crippen LogP contribution >= 0.6 is 12.4 Å². The van der Waals surface area contributed by atoms with Crippen LogP contribution in [0.25, 0.3) is 0 Å². The molecule has 3 nitrogen and oxygen atoms in total. The van der Waals surface area contributed by atoms with Crippen LogP contribution in [0.5, 0.6) is 0 Å². The first kappa shape index (κ1) is 17.0. The summed E-state index contributed by atoms with van der Waals surface area (Å²) >= 11 is 0. The third-order valence-corrected chi connectivity index (χ3v) is 4.12. The van der Waals surface area contributed by atoms with Crippen molar-refractivity contribution in [3.8, 4) is 0 Å². The molecule has 0 saturated carbocycles. The van der Waals surface area contributed by atoms with Gasteiger partial charge in [0.1, 0.15) is 0 Å². The van der Waals surface area contributed by atoms with Crippen molar-refractivity contribution in [3.63, 3.8) is 0 Å². The van der Waals surface area contributed by atoms with Gasteiger partial charge >= 0.3 is 0 Å². The molecular weight excluding hydrogens is 272 g/mol. The van der Waals surface area contributed by atoms with Crippen LogP contribution in [0, 0.1) is 0 Å². The van der Waals surface area contributed by atoms with Crippen LogP contribution in [0.4, 0.5) is 0 Å². The maximum atomic E-state index is 12.5. The van der Waals surface area contributed by atoms with Crippen LogP contribution in [0.2, 0.25) is 0 Å². The molecule has 2 N–H and O–H groups in total. The molecule has 0 aromatic heterocycles. The van der Waals surface area contributed by atoms with Crippen molar-refractivity contribution in [3.05, 3.63) is 35.9 Å². The van der Waals surface area contributed by atoms with E-state index in [1.54, 1.807) is 0 Å². The summed E-state index contributed by atoms with van der Waals surface area (Å²) in [4.78, 5) is 14.5. The summed E-state index contributed by atoms with van der Waals surface area (Å²) in [6.07, 6.45) is 2.68. The average Bonchev–Trinajstić information content (AvgIpc) is 2.87. The highest BCUT2D eigenvalue weighted by Crippen LogP contribution is 2.29. The molecule has 1 aliphatic heterocycles. The first-order chi connectivity index (χ1) is 9.04. The van der Waals surface area contributed by atoms with Crippen molar-refractivity contribution in [1.29, 1.82) is 0 Å². The molecule has 112 valence electrons. The van der Waals surface area contributed by atoms with E-state index in [1.165, 1.54) is 5.56 Å². The minimum Gasteiger partial charge on any atom is -0.338 e. The van der Waals surface area contributed by atoms with Gasteiger partial charge in [0.05, 0.1) is 0 Å². The fourth-order valence-electron chi connectivity index (χ4n) is 2.88. The lowest BCUT2D eigenvalue weighted by Gasteiger charge is -2.30. The third kappa shape index (κ3) is 3.74. The number of carbonyl (C=O) groups excluding carboxylic acids is 1. The molecule has 1 aromatic rings. The smallest absolute Gasteiger partial charge is 0.223 e. The number of benzene rings is 1. The molecule has 4 heteroatoms. The summed E-state index contributed by atoms with van der Waals surface area (Å²) in [7, 11) is 0. The zero-order chi connectivity index (χ0) is 13.9. The predicted octanol–water partition coefficient (Wildman–Crippen LogP) is 2.73. The molecule has 1 atom stereocenters. The SMILES string of the molecule is CC(C)(CC(=O)N1CCCC1CN)c1ccccc1.Cl. The summed E-state index contributed by atoms with van der Waals surface area (Å²) in [5.74, 6) is 0.238. The highest BCUT2D eigenvalue weighted by molar-refractivity contribution is 5.85. The Hall–Kier alpha value is -1.06. The Morgan fingerprint density at radius 3 is 2.60 bits per heavy atom. The fourth-order valence-corrected chi connectivity index (χ4v) is 2.88. The molecule has 0 spiro atoms. The average molecular weight is 297 g/mol. The van der Waals surface area contributed by atoms with E-state index >= 15 is 0 Å². The molecule has 20 heavy (non-hydrogen) atoms.